The third-order valence-electron chi connectivity index (χ3n) is 3.72. The molecule has 1 unspecified atom stereocenters. The summed E-state index contributed by atoms with van der Waals surface area (Å²) >= 11 is 1.23. The van der Waals surface area contributed by atoms with Crippen molar-refractivity contribution >= 4 is 35.2 Å². The summed E-state index contributed by atoms with van der Waals surface area (Å²) in [6.07, 6.45) is 2.71. The van der Waals surface area contributed by atoms with Gasteiger partial charge >= 0.3 is 5.97 Å². The lowest BCUT2D eigenvalue weighted by molar-refractivity contribution is -0.141. The molecule has 1 rings (SSSR count). The molecule has 0 radical (unpaired) electrons. The highest BCUT2D eigenvalue weighted by Gasteiger charge is 2.22. The van der Waals surface area contributed by atoms with Gasteiger partial charge in [0.2, 0.25) is 11.8 Å². The summed E-state index contributed by atoms with van der Waals surface area (Å²) in [5.74, 6) is -0.333. The molecule has 0 saturated carbocycles. The van der Waals surface area contributed by atoms with Crippen LogP contribution >= 0.6 is 11.8 Å². The number of amides is 2. The molecule has 27 heavy (non-hydrogen) atoms. The van der Waals surface area contributed by atoms with Crippen LogP contribution in [-0.4, -0.2) is 54.2 Å². The molecule has 0 spiro atoms. The van der Waals surface area contributed by atoms with Crippen LogP contribution < -0.4 is 10.6 Å². The third-order valence-corrected chi connectivity index (χ3v) is 4.92. The Morgan fingerprint density at radius 3 is 2.56 bits per heavy atom. The highest BCUT2D eigenvalue weighted by molar-refractivity contribution is 8.00. The fraction of sp³-hybridized carbons (Fsp3) is 0.526. The summed E-state index contributed by atoms with van der Waals surface area (Å²) in [6, 6.07) is 9.30. The molecule has 1 atom stereocenters. The van der Waals surface area contributed by atoms with Gasteiger partial charge in [-0.05, 0) is 25.0 Å². The fourth-order valence-corrected chi connectivity index (χ4v) is 3.19. The minimum Gasteiger partial charge on any atom is -0.469 e. The van der Waals surface area contributed by atoms with Crippen LogP contribution in [-0.2, 0) is 19.1 Å². The molecular weight excluding hydrogens is 368 g/mol. The van der Waals surface area contributed by atoms with Gasteiger partial charge in [-0.1, -0.05) is 24.6 Å². The van der Waals surface area contributed by atoms with E-state index in [0.717, 1.165) is 24.9 Å². The first-order valence-corrected chi connectivity index (χ1v) is 10.0. The van der Waals surface area contributed by atoms with Crippen LogP contribution in [0.1, 0.15) is 32.1 Å². The summed E-state index contributed by atoms with van der Waals surface area (Å²) in [7, 11) is 1.28. The number of para-hydroxylation sites is 1. The number of hydrogen-bond donors (Lipinski definition) is 3. The van der Waals surface area contributed by atoms with Gasteiger partial charge in [-0.2, -0.15) is 0 Å². The number of esters is 1. The molecule has 1 aromatic rings. The van der Waals surface area contributed by atoms with E-state index in [2.05, 4.69) is 15.4 Å². The number of ether oxygens (including phenoxy) is 1. The van der Waals surface area contributed by atoms with E-state index in [4.69, 9.17) is 5.11 Å². The van der Waals surface area contributed by atoms with Gasteiger partial charge in [0.05, 0.1) is 25.4 Å². The monoisotopic (exact) mass is 396 g/mol. The van der Waals surface area contributed by atoms with Crippen molar-refractivity contribution in [3.05, 3.63) is 30.3 Å². The SMILES string of the molecule is COC(=O)CC(SCCO)C(=O)NCCCCCC(=O)Nc1ccccc1. The van der Waals surface area contributed by atoms with E-state index < -0.39 is 11.2 Å². The molecule has 7 nitrogen and oxygen atoms in total. The van der Waals surface area contributed by atoms with Crippen LogP contribution in [0.5, 0.6) is 0 Å². The maximum atomic E-state index is 12.2. The average Bonchev–Trinajstić information content (AvgIpc) is 2.68. The maximum absolute atomic E-state index is 12.2. The molecule has 2 amide bonds. The van der Waals surface area contributed by atoms with Crippen molar-refractivity contribution in [3.63, 3.8) is 0 Å². The zero-order chi connectivity index (χ0) is 19.9. The molecule has 0 heterocycles. The lowest BCUT2D eigenvalue weighted by Gasteiger charge is -2.15. The molecule has 0 fully saturated rings. The smallest absolute Gasteiger partial charge is 0.307 e. The first-order valence-electron chi connectivity index (χ1n) is 8.98. The number of aliphatic hydroxyl groups is 1. The van der Waals surface area contributed by atoms with Crippen LogP contribution in [0, 0.1) is 0 Å². The number of thioether (sulfide) groups is 1. The lowest BCUT2D eigenvalue weighted by atomic mass is 10.2. The largest absolute Gasteiger partial charge is 0.469 e. The Balaban J connectivity index is 2.18. The predicted octanol–water partition coefficient (Wildman–Crippen LogP) is 1.96. The first kappa shape index (κ1) is 23.0. The molecule has 1 aromatic carbocycles. The Morgan fingerprint density at radius 1 is 1.15 bits per heavy atom. The van der Waals surface area contributed by atoms with Crippen molar-refractivity contribution in [2.24, 2.45) is 0 Å². The standard InChI is InChI=1S/C19H28N2O5S/c1-26-18(24)14-16(27-13-12-22)19(25)20-11-7-3-6-10-17(23)21-15-8-4-2-5-9-15/h2,4-5,8-9,16,22H,3,6-7,10-14H2,1H3,(H,20,25)(H,21,23). The van der Waals surface area contributed by atoms with Crippen molar-refractivity contribution in [3.8, 4) is 0 Å². The van der Waals surface area contributed by atoms with E-state index in [9.17, 15) is 14.4 Å². The first-order chi connectivity index (χ1) is 13.1. The van der Waals surface area contributed by atoms with Crippen LogP contribution in [0.15, 0.2) is 30.3 Å². The van der Waals surface area contributed by atoms with Crippen LogP contribution in [0.3, 0.4) is 0 Å². The Hall–Kier alpha value is -2.06. The Morgan fingerprint density at radius 2 is 1.89 bits per heavy atom. The molecule has 0 aromatic heterocycles. The van der Waals surface area contributed by atoms with Gasteiger partial charge in [-0.3, -0.25) is 14.4 Å². The van der Waals surface area contributed by atoms with E-state index in [1.807, 2.05) is 30.3 Å². The quantitative estimate of drug-likeness (QED) is 0.348. The second-order valence-corrected chi connectivity index (χ2v) is 7.19. The topological polar surface area (TPSA) is 105 Å². The average molecular weight is 397 g/mol. The number of hydrogen-bond acceptors (Lipinski definition) is 6. The second kappa shape index (κ2) is 14.1. The lowest BCUT2D eigenvalue weighted by Crippen LogP contribution is -2.35. The van der Waals surface area contributed by atoms with Gasteiger partial charge in [0.15, 0.2) is 0 Å². The van der Waals surface area contributed by atoms with Gasteiger partial charge < -0.3 is 20.5 Å². The Kier molecular flexibility index (Phi) is 12.0. The van der Waals surface area contributed by atoms with Gasteiger partial charge in [0.25, 0.3) is 0 Å². The number of methoxy groups -OCH3 is 1. The van der Waals surface area contributed by atoms with Gasteiger partial charge in [0.1, 0.15) is 0 Å². The van der Waals surface area contributed by atoms with Crippen molar-refractivity contribution < 1.29 is 24.2 Å². The van der Waals surface area contributed by atoms with Crippen molar-refractivity contribution in [2.75, 3.05) is 31.3 Å². The second-order valence-electron chi connectivity index (χ2n) is 5.88. The normalized spacial score (nSPS) is 11.5. The van der Waals surface area contributed by atoms with E-state index in [1.165, 1.54) is 18.9 Å². The van der Waals surface area contributed by atoms with E-state index in [0.29, 0.717) is 18.7 Å². The zero-order valence-electron chi connectivity index (χ0n) is 15.6. The van der Waals surface area contributed by atoms with E-state index >= 15 is 0 Å². The van der Waals surface area contributed by atoms with Crippen molar-refractivity contribution in [1.82, 2.24) is 5.32 Å². The van der Waals surface area contributed by atoms with Gasteiger partial charge in [0, 0.05) is 24.4 Å². The summed E-state index contributed by atoms with van der Waals surface area (Å²) < 4.78 is 4.60. The van der Waals surface area contributed by atoms with Crippen LogP contribution in [0.25, 0.3) is 0 Å². The number of rotatable bonds is 13. The molecule has 0 aliphatic carbocycles. The minimum absolute atomic E-state index is 0.0212. The Labute approximate surface area is 164 Å². The van der Waals surface area contributed by atoms with Crippen LogP contribution in [0.2, 0.25) is 0 Å². The molecule has 0 saturated heterocycles. The number of benzene rings is 1. The fourth-order valence-electron chi connectivity index (χ4n) is 2.31. The van der Waals surface area contributed by atoms with Gasteiger partial charge in [-0.25, -0.2) is 0 Å². The predicted molar refractivity (Wildman–Crippen MR) is 107 cm³/mol. The van der Waals surface area contributed by atoms with Crippen molar-refractivity contribution in [2.45, 2.75) is 37.4 Å². The highest BCUT2D eigenvalue weighted by Crippen LogP contribution is 2.15. The summed E-state index contributed by atoms with van der Waals surface area (Å²) in [5.41, 5.74) is 0.784. The van der Waals surface area contributed by atoms with E-state index in [-0.39, 0.29) is 24.8 Å². The molecule has 8 heteroatoms. The number of anilines is 1. The zero-order valence-corrected chi connectivity index (χ0v) is 16.4. The Bertz CT molecular complexity index is 583. The molecule has 150 valence electrons. The van der Waals surface area contributed by atoms with Crippen molar-refractivity contribution in [1.29, 1.82) is 0 Å². The number of nitrogens with one attached hydrogen (secondary N) is 2. The van der Waals surface area contributed by atoms with E-state index in [1.54, 1.807) is 0 Å². The molecular formula is C19H28N2O5S. The molecule has 0 bridgehead atoms. The number of carbonyl (C=O) groups is 3. The molecule has 0 aliphatic rings. The van der Waals surface area contributed by atoms with Gasteiger partial charge in [-0.15, -0.1) is 11.8 Å². The minimum atomic E-state index is -0.568. The highest BCUT2D eigenvalue weighted by atomic mass is 32.2. The molecule has 0 aliphatic heterocycles. The third kappa shape index (κ3) is 10.6. The molecule has 3 N–H and O–H groups in total. The number of carbonyl (C=O) groups excluding carboxylic acids is 3. The summed E-state index contributed by atoms with van der Waals surface area (Å²) in [4.78, 5) is 35.4. The maximum Gasteiger partial charge on any atom is 0.307 e. The van der Waals surface area contributed by atoms with Crippen LogP contribution in [0.4, 0.5) is 5.69 Å². The summed E-state index contributed by atoms with van der Waals surface area (Å²) in [6.45, 7) is 0.428. The summed E-state index contributed by atoms with van der Waals surface area (Å²) in [5, 5.41) is 14.0. The number of aliphatic hydroxyl groups excluding tert-OH is 1. The number of unbranched alkanes of at least 4 members (excludes halogenated alkanes) is 2.